The van der Waals surface area contributed by atoms with Gasteiger partial charge in [-0.3, -0.25) is 4.98 Å². The molecule has 0 saturated carbocycles. The molecule has 5 nitrogen and oxygen atoms in total. The highest BCUT2D eigenvalue weighted by Crippen LogP contribution is 2.54. The Balaban J connectivity index is 1.48. The van der Waals surface area contributed by atoms with Crippen molar-refractivity contribution >= 4 is 11.4 Å². The van der Waals surface area contributed by atoms with Crippen molar-refractivity contribution in [3.05, 3.63) is 77.6 Å². The highest BCUT2D eigenvalue weighted by molar-refractivity contribution is 5.77. The van der Waals surface area contributed by atoms with Crippen molar-refractivity contribution in [1.29, 1.82) is 0 Å². The number of ether oxygens (including phenoxy) is 2. The molecule has 1 atom stereocenters. The molecule has 0 aliphatic carbocycles. The van der Waals surface area contributed by atoms with Gasteiger partial charge in [0.15, 0.2) is 11.5 Å². The Hall–Kier alpha value is -3.21. The zero-order valence-corrected chi connectivity index (χ0v) is 16.5. The van der Waals surface area contributed by atoms with Gasteiger partial charge in [0.2, 0.25) is 0 Å². The fourth-order valence-corrected chi connectivity index (χ4v) is 5.20. The molecule has 1 unspecified atom stereocenters. The maximum absolute atomic E-state index is 5.93. The topological polar surface area (TPSA) is 37.8 Å². The number of pyridine rings is 1. The highest BCUT2D eigenvalue weighted by atomic mass is 16.6. The Kier molecular flexibility index (Phi) is 3.54. The molecular weight excluding hydrogens is 362 g/mol. The zero-order valence-electron chi connectivity index (χ0n) is 16.5. The van der Waals surface area contributed by atoms with Crippen molar-refractivity contribution in [1.82, 2.24) is 4.98 Å². The molecule has 3 aliphatic rings. The first-order valence-corrected chi connectivity index (χ1v) is 10.1. The van der Waals surface area contributed by atoms with Crippen LogP contribution in [0.5, 0.6) is 11.5 Å². The lowest BCUT2D eigenvalue weighted by Gasteiger charge is -2.28. The predicted molar refractivity (Wildman–Crippen MR) is 113 cm³/mol. The second kappa shape index (κ2) is 6.14. The van der Waals surface area contributed by atoms with Crippen LogP contribution in [0, 0.1) is 0 Å². The normalized spacial score (nSPS) is 21.4. The van der Waals surface area contributed by atoms with Gasteiger partial charge in [0.05, 0.1) is 17.7 Å². The molecule has 0 amide bonds. The number of rotatable bonds is 2. The van der Waals surface area contributed by atoms with E-state index in [1.807, 2.05) is 12.3 Å². The van der Waals surface area contributed by atoms with Gasteiger partial charge in [-0.1, -0.05) is 24.3 Å². The van der Waals surface area contributed by atoms with Crippen LogP contribution >= 0.6 is 0 Å². The smallest absolute Gasteiger partial charge is 0.163 e. The van der Waals surface area contributed by atoms with Gasteiger partial charge in [0.1, 0.15) is 13.2 Å². The second-order valence-electron chi connectivity index (χ2n) is 8.15. The second-order valence-corrected chi connectivity index (χ2v) is 8.15. The number of para-hydroxylation sites is 1. The first kappa shape index (κ1) is 16.7. The average Bonchev–Trinajstić information content (AvgIpc) is 3.22. The Morgan fingerprint density at radius 3 is 2.52 bits per heavy atom. The van der Waals surface area contributed by atoms with Gasteiger partial charge in [-0.25, -0.2) is 0 Å². The molecule has 4 heterocycles. The van der Waals surface area contributed by atoms with Gasteiger partial charge in [-0.2, -0.15) is 0 Å². The number of benzene rings is 2. The summed E-state index contributed by atoms with van der Waals surface area (Å²) in [7, 11) is 2.17. The summed E-state index contributed by atoms with van der Waals surface area (Å²) in [5.74, 6) is 1.72. The van der Waals surface area contributed by atoms with Gasteiger partial charge in [0, 0.05) is 43.8 Å². The minimum atomic E-state index is -0.0781. The van der Waals surface area contributed by atoms with Crippen LogP contribution in [0.2, 0.25) is 0 Å². The molecule has 146 valence electrons. The predicted octanol–water partition coefficient (Wildman–Crippen LogP) is 3.61. The summed E-state index contributed by atoms with van der Waals surface area (Å²) >= 11 is 0. The van der Waals surface area contributed by atoms with Crippen LogP contribution in [-0.2, 0) is 12.0 Å². The molecule has 0 bridgehead atoms. The van der Waals surface area contributed by atoms with E-state index >= 15 is 0 Å². The molecule has 0 saturated heterocycles. The van der Waals surface area contributed by atoms with Crippen LogP contribution in [0.15, 0.2) is 60.8 Å². The molecule has 1 spiro atoms. The number of hydrogen-bond donors (Lipinski definition) is 0. The number of anilines is 2. The number of nitrogens with zero attached hydrogens (tertiary/aromatic N) is 3. The van der Waals surface area contributed by atoms with Crippen LogP contribution in [0.4, 0.5) is 11.4 Å². The molecule has 6 rings (SSSR count). The molecule has 1 aromatic heterocycles. The van der Waals surface area contributed by atoms with Gasteiger partial charge < -0.3 is 19.3 Å². The lowest BCUT2D eigenvalue weighted by Crippen LogP contribution is -2.38. The molecule has 3 aliphatic heterocycles. The first-order chi connectivity index (χ1) is 14.2. The number of likely N-dealkylation sites (N-methyl/N-ethyl adjacent to an activating group) is 1. The first-order valence-electron chi connectivity index (χ1n) is 10.1. The summed E-state index contributed by atoms with van der Waals surface area (Å²) in [5, 5.41) is 0. The van der Waals surface area contributed by atoms with Crippen molar-refractivity contribution in [3.8, 4) is 11.5 Å². The van der Waals surface area contributed by atoms with Crippen LogP contribution in [0.1, 0.15) is 16.8 Å². The van der Waals surface area contributed by atoms with Gasteiger partial charge in [0.25, 0.3) is 0 Å². The van der Waals surface area contributed by atoms with Crippen molar-refractivity contribution in [2.24, 2.45) is 0 Å². The van der Waals surface area contributed by atoms with Crippen molar-refractivity contribution in [2.75, 3.05) is 43.2 Å². The average molecular weight is 385 g/mol. The molecule has 0 fully saturated rings. The van der Waals surface area contributed by atoms with Crippen LogP contribution < -0.4 is 19.3 Å². The molecule has 2 aromatic carbocycles. The van der Waals surface area contributed by atoms with E-state index in [4.69, 9.17) is 9.47 Å². The molecule has 5 heteroatoms. The van der Waals surface area contributed by atoms with Gasteiger partial charge >= 0.3 is 0 Å². The molecule has 3 aromatic rings. The quantitative estimate of drug-likeness (QED) is 0.674. The van der Waals surface area contributed by atoms with E-state index < -0.39 is 0 Å². The summed E-state index contributed by atoms with van der Waals surface area (Å²) in [6, 6.07) is 19.3. The summed E-state index contributed by atoms with van der Waals surface area (Å²) in [4.78, 5) is 9.38. The lowest BCUT2D eigenvalue weighted by molar-refractivity contribution is 0.171. The Morgan fingerprint density at radius 2 is 1.69 bits per heavy atom. The van der Waals surface area contributed by atoms with Crippen LogP contribution in [0.25, 0.3) is 0 Å². The van der Waals surface area contributed by atoms with Crippen molar-refractivity contribution in [3.63, 3.8) is 0 Å². The SMILES string of the molecule is CN1CC2(CN(Cc3ccccn3)c3ccccc32)c2cc3c(cc21)OCCO3. The van der Waals surface area contributed by atoms with Gasteiger partial charge in [-0.15, -0.1) is 0 Å². The summed E-state index contributed by atoms with van der Waals surface area (Å²) in [5.41, 5.74) is 6.27. The van der Waals surface area contributed by atoms with E-state index in [-0.39, 0.29) is 5.41 Å². The fourth-order valence-electron chi connectivity index (χ4n) is 5.20. The molecule has 0 radical (unpaired) electrons. The maximum Gasteiger partial charge on any atom is 0.163 e. The largest absolute Gasteiger partial charge is 0.486 e. The Labute approximate surface area is 170 Å². The standard InChI is InChI=1S/C24H23N3O2/c1-26-15-24(19-12-22-23(13-21(19)26)29-11-10-28-22)16-27(14-17-6-4-5-9-25-17)20-8-3-2-7-18(20)24/h2-9,12-13H,10-11,14-16H2,1H3. The Bertz CT molecular complexity index is 1080. The minimum Gasteiger partial charge on any atom is -0.486 e. The van der Waals surface area contributed by atoms with E-state index in [9.17, 15) is 0 Å². The third kappa shape index (κ3) is 2.43. The van der Waals surface area contributed by atoms with E-state index in [1.54, 1.807) is 0 Å². The van der Waals surface area contributed by atoms with Crippen molar-refractivity contribution in [2.45, 2.75) is 12.0 Å². The summed E-state index contributed by atoms with van der Waals surface area (Å²) in [6.07, 6.45) is 1.87. The number of fused-ring (bicyclic) bond motifs is 5. The molecular formula is C24H23N3O2. The maximum atomic E-state index is 5.93. The summed E-state index contributed by atoms with van der Waals surface area (Å²) in [6.45, 7) is 3.91. The van der Waals surface area contributed by atoms with Crippen molar-refractivity contribution < 1.29 is 9.47 Å². The number of aromatic nitrogens is 1. The monoisotopic (exact) mass is 385 g/mol. The lowest BCUT2D eigenvalue weighted by atomic mass is 9.77. The van der Waals surface area contributed by atoms with E-state index in [2.05, 4.69) is 70.4 Å². The van der Waals surface area contributed by atoms with E-state index in [0.29, 0.717) is 13.2 Å². The van der Waals surface area contributed by atoms with Crippen LogP contribution in [-0.4, -0.2) is 38.3 Å². The zero-order chi connectivity index (χ0) is 19.4. The van der Waals surface area contributed by atoms with E-state index in [0.717, 1.165) is 36.8 Å². The Morgan fingerprint density at radius 1 is 0.897 bits per heavy atom. The van der Waals surface area contributed by atoms with Crippen LogP contribution in [0.3, 0.4) is 0 Å². The number of hydrogen-bond acceptors (Lipinski definition) is 5. The third-order valence-corrected chi connectivity index (χ3v) is 6.39. The third-order valence-electron chi connectivity index (χ3n) is 6.39. The fraction of sp³-hybridized carbons (Fsp3) is 0.292. The highest BCUT2D eigenvalue weighted by Gasteiger charge is 2.50. The molecule has 0 N–H and O–H groups in total. The minimum absolute atomic E-state index is 0.0781. The van der Waals surface area contributed by atoms with E-state index in [1.165, 1.54) is 22.5 Å². The summed E-state index contributed by atoms with van der Waals surface area (Å²) < 4.78 is 11.8. The molecule has 29 heavy (non-hydrogen) atoms. The van der Waals surface area contributed by atoms with Gasteiger partial charge in [-0.05, 0) is 35.4 Å².